The lowest BCUT2D eigenvalue weighted by Gasteiger charge is -2.05. The maximum Gasteiger partial charge on any atom is 0.0948 e. The average Bonchev–Trinajstić information content (AvgIpc) is 2.86. The summed E-state index contributed by atoms with van der Waals surface area (Å²) >= 11 is 0. The van der Waals surface area contributed by atoms with Gasteiger partial charge in [-0.05, 0) is 23.6 Å². The molecule has 2 nitrogen and oxygen atoms in total. The molecule has 0 spiro atoms. The third kappa shape index (κ3) is 2.29. The van der Waals surface area contributed by atoms with Crippen LogP contribution in [0.4, 0.5) is 0 Å². The Labute approximate surface area is 113 Å². The van der Waals surface area contributed by atoms with Crippen molar-refractivity contribution < 1.29 is 0 Å². The zero-order valence-electron chi connectivity index (χ0n) is 11.2. The molecule has 2 aromatic carbocycles. The molecule has 0 N–H and O–H groups in total. The van der Waals surface area contributed by atoms with Crippen LogP contribution >= 0.6 is 0 Å². The first kappa shape index (κ1) is 11.7. The number of hydrogen-bond acceptors (Lipinski definition) is 1. The lowest BCUT2D eigenvalue weighted by Crippen LogP contribution is -1.89. The monoisotopic (exact) mass is 248 g/mol. The fourth-order valence-corrected chi connectivity index (χ4v) is 2.21. The Hall–Kier alpha value is -2.35. The van der Waals surface area contributed by atoms with Crippen LogP contribution in [0, 0.1) is 6.92 Å². The molecule has 0 aliphatic heterocycles. The van der Waals surface area contributed by atoms with Gasteiger partial charge >= 0.3 is 0 Å². The summed E-state index contributed by atoms with van der Waals surface area (Å²) in [5, 5.41) is 0. The van der Waals surface area contributed by atoms with Crippen molar-refractivity contribution >= 4 is 0 Å². The van der Waals surface area contributed by atoms with Crippen molar-refractivity contribution in [3.05, 3.63) is 66.6 Å². The molecule has 3 aromatic rings. The molecule has 3 rings (SSSR count). The Morgan fingerprint density at radius 2 is 1.32 bits per heavy atom. The molecular formula is C17H16N2. The first-order chi connectivity index (χ1) is 9.24. The van der Waals surface area contributed by atoms with Crippen molar-refractivity contribution in [3.63, 3.8) is 0 Å². The van der Waals surface area contributed by atoms with Crippen LogP contribution in [0.2, 0.25) is 0 Å². The van der Waals surface area contributed by atoms with E-state index in [0.29, 0.717) is 0 Å². The van der Waals surface area contributed by atoms with E-state index < -0.39 is 0 Å². The van der Waals surface area contributed by atoms with Gasteiger partial charge in [-0.25, -0.2) is 4.98 Å². The zero-order valence-corrected chi connectivity index (χ0v) is 11.2. The SMILES string of the molecule is Cc1ccc(-c2ccc(-c3cncn3C)cc2)cc1. The summed E-state index contributed by atoms with van der Waals surface area (Å²) in [6, 6.07) is 17.2. The number of benzene rings is 2. The van der Waals surface area contributed by atoms with Crippen LogP contribution in [0.5, 0.6) is 0 Å². The van der Waals surface area contributed by atoms with E-state index in [9.17, 15) is 0 Å². The molecule has 0 atom stereocenters. The molecule has 0 saturated carbocycles. The van der Waals surface area contributed by atoms with E-state index in [2.05, 4.69) is 60.4 Å². The van der Waals surface area contributed by atoms with Gasteiger partial charge in [0.2, 0.25) is 0 Å². The molecule has 0 aliphatic rings. The summed E-state index contributed by atoms with van der Waals surface area (Å²) in [7, 11) is 2.01. The summed E-state index contributed by atoms with van der Waals surface area (Å²) in [6.07, 6.45) is 3.71. The first-order valence-electron chi connectivity index (χ1n) is 6.38. The number of imidazole rings is 1. The molecule has 1 aromatic heterocycles. The standard InChI is InChI=1S/C17H16N2/c1-13-3-5-14(6-4-13)15-7-9-16(10-8-15)17-11-18-12-19(17)2/h3-12H,1-2H3. The van der Waals surface area contributed by atoms with E-state index in [-0.39, 0.29) is 0 Å². The van der Waals surface area contributed by atoms with Crippen LogP contribution in [0.1, 0.15) is 5.56 Å². The Kier molecular flexibility index (Phi) is 2.92. The highest BCUT2D eigenvalue weighted by atomic mass is 15.0. The number of rotatable bonds is 2. The van der Waals surface area contributed by atoms with E-state index in [1.54, 1.807) is 0 Å². The van der Waals surface area contributed by atoms with E-state index in [1.807, 2.05) is 24.1 Å². The lowest BCUT2D eigenvalue weighted by atomic mass is 10.0. The van der Waals surface area contributed by atoms with E-state index in [0.717, 1.165) is 5.69 Å². The third-order valence-electron chi connectivity index (χ3n) is 3.38. The second kappa shape index (κ2) is 4.73. The van der Waals surface area contributed by atoms with Crippen LogP contribution < -0.4 is 0 Å². The topological polar surface area (TPSA) is 17.8 Å². The van der Waals surface area contributed by atoms with Crippen LogP contribution in [0.3, 0.4) is 0 Å². The van der Waals surface area contributed by atoms with Crippen molar-refractivity contribution in [2.75, 3.05) is 0 Å². The predicted molar refractivity (Wildman–Crippen MR) is 78.8 cm³/mol. The van der Waals surface area contributed by atoms with Crippen LogP contribution in [0.15, 0.2) is 61.1 Å². The Morgan fingerprint density at radius 3 is 1.84 bits per heavy atom. The van der Waals surface area contributed by atoms with Crippen molar-refractivity contribution in [2.24, 2.45) is 7.05 Å². The summed E-state index contributed by atoms with van der Waals surface area (Å²) in [5.74, 6) is 0. The van der Waals surface area contributed by atoms with E-state index in [1.165, 1.54) is 22.3 Å². The largest absolute Gasteiger partial charge is 0.334 e. The van der Waals surface area contributed by atoms with Gasteiger partial charge in [0.1, 0.15) is 0 Å². The molecule has 0 fully saturated rings. The van der Waals surface area contributed by atoms with Crippen molar-refractivity contribution in [3.8, 4) is 22.4 Å². The minimum absolute atomic E-state index is 1.13. The second-order valence-electron chi connectivity index (χ2n) is 4.83. The lowest BCUT2D eigenvalue weighted by molar-refractivity contribution is 0.921. The first-order valence-corrected chi connectivity index (χ1v) is 6.38. The maximum atomic E-state index is 4.15. The quantitative estimate of drug-likeness (QED) is 0.668. The molecule has 0 bridgehead atoms. The number of aromatic nitrogens is 2. The Bertz CT molecular complexity index is 676. The Morgan fingerprint density at radius 1 is 0.789 bits per heavy atom. The minimum atomic E-state index is 1.13. The zero-order chi connectivity index (χ0) is 13.2. The number of aryl methyl sites for hydroxylation is 2. The van der Waals surface area contributed by atoms with Gasteiger partial charge in [-0.15, -0.1) is 0 Å². The number of hydrogen-bond donors (Lipinski definition) is 0. The number of nitrogens with zero attached hydrogens (tertiary/aromatic N) is 2. The van der Waals surface area contributed by atoms with Crippen molar-refractivity contribution in [1.82, 2.24) is 9.55 Å². The molecule has 0 saturated heterocycles. The third-order valence-corrected chi connectivity index (χ3v) is 3.38. The van der Waals surface area contributed by atoms with Crippen LogP contribution in [-0.4, -0.2) is 9.55 Å². The molecule has 0 amide bonds. The highest BCUT2D eigenvalue weighted by Crippen LogP contribution is 2.24. The normalized spacial score (nSPS) is 10.6. The highest BCUT2D eigenvalue weighted by Gasteiger charge is 2.03. The second-order valence-corrected chi connectivity index (χ2v) is 4.83. The summed E-state index contributed by atoms with van der Waals surface area (Å²) < 4.78 is 2.03. The molecule has 0 radical (unpaired) electrons. The van der Waals surface area contributed by atoms with Gasteiger partial charge < -0.3 is 4.57 Å². The van der Waals surface area contributed by atoms with Crippen LogP contribution in [0.25, 0.3) is 22.4 Å². The van der Waals surface area contributed by atoms with Gasteiger partial charge in [0.05, 0.1) is 18.2 Å². The Balaban J connectivity index is 1.95. The molecule has 19 heavy (non-hydrogen) atoms. The summed E-state index contributed by atoms with van der Waals surface area (Å²) in [6.45, 7) is 2.11. The van der Waals surface area contributed by atoms with Gasteiger partial charge in [-0.3, -0.25) is 0 Å². The molecule has 0 aliphatic carbocycles. The molecule has 2 heteroatoms. The molecular weight excluding hydrogens is 232 g/mol. The summed E-state index contributed by atoms with van der Waals surface area (Å²) in [5.41, 5.74) is 6.11. The van der Waals surface area contributed by atoms with Gasteiger partial charge in [0, 0.05) is 7.05 Å². The molecule has 1 heterocycles. The van der Waals surface area contributed by atoms with Gasteiger partial charge in [0.25, 0.3) is 0 Å². The smallest absolute Gasteiger partial charge is 0.0948 e. The van der Waals surface area contributed by atoms with E-state index in [4.69, 9.17) is 0 Å². The van der Waals surface area contributed by atoms with Crippen LogP contribution in [-0.2, 0) is 7.05 Å². The predicted octanol–water partition coefficient (Wildman–Crippen LogP) is 4.06. The fraction of sp³-hybridized carbons (Fsp3) is 0.118. The fourth-order valence-electron chi connectivity index (χ4n) is 2.21. The average molecular weight is 248 g/mol. The van der Waals surface area contributed by atoms with Crippen molar-refractivity contribution in [2.45, 2.75) is 6.92 Å². The van der Waals surface area contributed by atoms with Gasteiger partial charge in [-0.2, -0.15) is 0 Å². The summed E-state index contributed by atoms with van der Waals surface area (Å²) in [4.78, 5) is 4.15. The van der Waals surface area contributed by atoms with E-state index >= 15 is 0 Å². The highest BCUT2D eigenvalue weighted by molar-refractivity contribution is 5.68. The maximum absolute atomic E-state index is 4.15. The molecule has 94 valence electrons. The van der Waals surface area contributed by atoms with Crippen molar-refractivity contribution in [1.29, 1.82) is 0 Å². The van der Waals surface area contributed by atoms with Gasteiger partial charge in [-0.1, -0.05) is 54.1 Å². The minimum Gasteiger partial charge on any atom is -0.334 e. The molecule has 0 unspecified atom stereocenters. The van der Waals surface area contributed by atoms with Gasteiger partial charge in [0.15, 0.2) is 0 Å².